The van der Waals surface area contributed by atoms with E-state index in [0.717, 1.165) is 50.3 Å². The minimum atomic E-state index is 0.0187. The second-order valence-electron chi connectivity index (χ2n) is 25.9. The van der Waals surface area contributed by atoms with Gasteiger partial charge in [-0.05, 0) is 194 Å². The Balaban J connectivity index is 0.000000192. The smallest absolute Gasteiger partial charge is 0.193 e. The number of aromatic nitrogens is 8. The van der Waals surface area contributed by atoms with Gasteiger partial charge in [-0.15, -0.1) is 23.2 Å². The Morgan fingerprint density at radius 2 is 0.467 bits per heavy atom. The molecule has 0 N–H and O–H groups in total. The Morgan fingerprint density at radius 1 is 0.270 bits per heavy atom. The summed E-state index contributed by atoms with van der Waals surface area (Å²) in [6.45, 7) is 7.94. The van der Waals surface area contributed by atoms with Crippen LogP contribution in [0.15, 0.2) is 388 Å². The maximum absolute atomic E-state index is 12.8. The molecule has 122 heavy (non-hydrogen) atoms. The van der Waals surface area contributed by atoms with Crippen LogP contribution < -0.4 is 25.8 Å². The highest BCUT2D eigenvalue weighted by Gasteiger charge is 2.14. The quantitative estimate of drug-likeness (QED) is 0.0910. The number of methoxy groups -OCH3 is 2. The van der Waals surface area contributed by atoms with Crippen molar-refractivity contribution in [1.82, 2.24) is 20.4 Å². The van der Waals surface area contributed by atoms with Crippen LogP contribution in [0.4, 0.5) is 0 Å². The maximum Gasteiger partial charge on any atom is 0.193 e. The van der Waals surface area contributed by atoms with Crippen molar-refractivity contribution in [2.45, 2.75) is 27.7 Å². The van der Waals surface area contributed by atoms with Crippen LogP contribution in [0.2, 0.25) is 0 Å². The Kier molecular flexibility index (Phi) is 44.0. The first-order valence-corrected chi connectivity index (χ1v) is 43.8. The van der Waals surface area contributed by atoms with Crippen LogP contribution in [0.25, 0.3) is 84.0 Å². The number of rotatable bonds is 6. The molecule has 0 bridgehead atoms. The van der Waals surface area contributed by atoms with Crippen LogP contribution >= 0.6 is 69.3 Å². The van der Waals surface area contributed by atoms with Crippen LogP contribution in [0.5, 0.6) is 23.0 Å². The lowest BCUT2D eigenvalue weighted by molar-refractivity contribution is -0.661. The van der Waals surface area contributed by atoms with Gasteiger partial charge >= 0.3 is 0 Å². The Labute approximate surface area is 744 Å². The van der Waals surface area contributed by atoms with E-state index in [1.54, 1.807) is 86.7 Å². The molecule has 13 nitrogen and oxygen atoms in total. The van der Waals surface area contributed by atoms with Gasteiger partial charge in [-0.1, -0.05) is 292 Å². The first-order valence-electron chi connectivity index (χ1n) is 39.2. The second kappa shape index (κ2) is 55.4. The number of halogens is 2. The first-order chi connectivity index (χ1) is 59.7. The van der Waals surface area contributed by atoms with Crippen LogP contribution in [-0.2, 0) is 37.7 Å². The Morgan fingerprint density at radius 3 is 0.697 bits per heavy atom. The topological polar surface area (TPSA) is 121 Å². The van der Waals surface area contributed by atoms with Crippen LogP contribution in [0.1, 0.15) is 40.9 Å². The molecule has 0 amide bonds. The third kappa shape index (κ3) is 33.0. The van der Waals surface area contributed by atoms with Gasteiger partial charge in [-0.3, -0.25) is 4.79 Å². The van der Waals surface area contributed by atoms with E-state index in [9.17, 15) is 4.79 Å². The zero-order valence-electron chi connectivity index (χ0n) is 71.5. The highest BCUT2D eigenvalue weighted by atomic mass is 35.5. The number of ketones is 1. The molecule has 20 rings (SSSR count). The van der Waals surface area contributed by atoms with Crippen LogP contribution in [0.3, 0.4) is 0 Å². The lowest BCUT2D eigenvalue weighted by Crippen LogP contribution is -2.24. The molecule has 4 aromatic heterocycles. The summed E-state index contributed by atoms with van der Waals surface area (Å²) < 4.78 is 32.6. The number of alkyl halides is 2. The molecule has 0 aliphatic carbocycles. The van der Waals surface area contributed by atoms with Crippen molar-refractivity contribution in [3.63, 3.8) is 0 Å². The number of hydrogen-bond acceptors (Lipinski definition) is 13. The number of benzene rings is 16. The standard InChI is InChI=1S/C27H22O3.4C10H8.4C7H7N2S.2C2H6O.C2H6.2CH3Cl/c1-19-8-9-20(2)26(18-19)27(28)21-10-12-23(13-11-21)30-25-16-14-24(15-17-25)29-22-6-4-3-5-7-22;4*1-2-6-10-8-4-3-7-9(10)5-1;4*1-9-8-6-4-2-3-5-7(6)10-9;2*1-3-2;3*1-2/h3-18H,1-2H3;4*1-8H;4*2-5H,1H3;2*1-2H3;1-2H3;2*1H3/q;;;;;4*+1;;;;;. The molecular weight excluding hydrogens is 1630 g/mol. The molecule has 19 heteroatoms. The van der Waals surface area contributed by atoms with Gasteiger partial charge in [0, 0.05) is 72.7 Å². The predicted molar refractivity (Wildman–Crippen MR) is 519 cm³/mol. The van der Waals surface area contributed by atoms with Gasteiger partial charge in [0.15, 0.2) is 102 Å². The van der Waals surface area contributed by atoms with Crippen molar-refractivity contribution in [2.24, 2.45) is 28.2 Å². The van der Waals surface area contributed by atoms with E-state index in [-0.39, 0.29) is 5.78 Å². The minimum Gasteiger partial charge on any atom is -0.457 e. The summed E-state index contributed by atoms with van der Waals surface area (Å²) >= 11 is 15.9. The van der Waals surface area contributed by atoms with Crippen molar-refractivity contribution in [1.29, 1.82) is 0 Å². The normalized spacial score (nSPS) is 9.74. The van der Waals surface area contributed by atoms with Gasteiger partial charge in [0.25, 0.3) is 0 Å². The molecule has 0 atom stereocenters. The number of carbonyl (C=O) groups excluding carboxylic acids is 1. The molecule has 0 saturated heterocycles. The molecule has 0 saturated carbocycles. The van der Waals surface area contributed by atoms with Gasteiger partial charge in [-0.2, -0.15) is 0 Å². The summed E-state index contributed by atoms with van der Waals surface area (Å²) in [5.74, 6) is 2.91. The summed E-state index contributed by atoms with van der Waals surface area (Å²) in [5.41, 5.74) is 7.74. The van der Waals surface area contributed by atoms with E-state index in [1.807, 2.05) is 230 Å². The number of fused-ring (bicyclic) bond motifs is 8. The van der Waals surface area contributed by atoms with E-state index >= 15 is 0 Å². The van der Waals surface area contributed by atoms with E-state index in [1.165, 1.54) is 74.7 Å². The van der Waals surface area contributed by atoms with Crippen molar-refractivity contribution in [3.05, 3.63) is 411 Å². The lowest BCUT2D eigenvalue weighted by Gasteiger charge is -2.09. The summed E-state index contributed by atoms with van der Waals surface area (Å²) in [6.07, 6.45) is 2.94. The fraction of sp³-hybridized carbons (Fsp3) is 0.136. The molecule has 0 radical (unpaired) electrons. The van der Waals surface area contributed by atoms with E-state index in [4.69, 9.17) is 9.47 Å². The fourth-order valence-corrected chi connectivity index (χ4v) is 14.4. The number of aryl methyl sites for hydroxylation is 6. The number of nitrogens with zero attached hydrogens (tertiary/aromatic N) is 8. The molecule has 0 fully saturated rings. The highest BCUT2D eigenvalue weighted by Crippen LogP contribution is 2.28. The monoisotopic (exact) mass is 1730 g/mol. The molecule has 0 unspecified atom stereocenters. The molecule has 0 aliphatic rings. The minimum absolute atomic E-state index is 0.0187. The largest absolute Gasteiger partial charge is 0.457 e. The molecule has 16 aromatic carbocycles. The molecule has 20 aromatic rings. The highest BCUT2D eigenvalue weighted by molar-refractivity contribution is 7.10. The Hall–Kier alpha value is -12.4. The summed E-state index contributed by atoms with van der Waals surface area (Å²) in [4.78, 5) is 12.8. The zero-order chi connectivity index (χ0) is 87.5. The lowest BCUT2D eigenvalue weighted by atomic mass is 9.97. The number of hydrogen-bond donors (Lipinski definition) is 0. The van der Waals surface area contributed by atoms with Crippen molar-refractivity contribution in [3.8, 4) is 23.0 Å². The van der Waals surface area contributed by atoms with Gasteiger partial charge in [-0.25, -0.2) is 0 Å². The zero-order valence-corrected chi connectivity index (χ0v) is 76.2. The second-order valence-corrected chi connectivity index (χ2v) is 30.5. The third-order valence-electron chi connectivity index (χ3n) is 16.8. The SMILES string of the molecule is CC.CCl.CCl.COC.COC.C[n+]1nc2ccccc2s1.C[n+]1nc2ccccc2s1.C[n+]1nc2ccccc2s1.C[n+]1nc2ccccc2s1.Cc1ccc(C)c(C(=O)c2ccc(Oc3ccc(Oc4ccccc4)cc3)cc2)c1.c1ccc2ccccc2c1.c1ccc2ccccc2c1.c1ccc2ccccc2c1.c1ccc2ccccc2c1. The van der Waals surface area contributed by atoms with Gasteiger partial charge < -0.3 is 18.9 Å². The maximum atomic E-state index is 12.8. The van der Waals surface area contributed by atoms with Crippen molar-refractivity contribution in [2.75, 3.05) is 41.2 Å². The molecular formula is C103H106Cl2N8O5S4+4. The number of carbonyl (C=O) groups is 1. The molecule has 0 aliphatic heterocycles. The number of ether oxygens (including phenoxy) is 4. The summed E-state index contributed by atoms with van der Waals surface area (Å²) in [5, 5.41) is 27.5. The summed E-state index contributed by atoms with van der Waals surface area (Å²) in [7, 11) is 14.3. The van der Waals surface area contributed by atoms with E-state index in [0.29, 0.717) is 17.1 Å². The van der Waals surface area contributed by atoms with Crippen molar-refractivity contribution < 1.29 is 40.0 Å². The molecule has 0 spiro atoms. The van der Waals surface area contributed by atoms with Crippen molar-refractivity contribution >= 4 is 159 Å². The molecule has 4 heterocycles. The summed E-state index contributed by atoms with van der Waals surface area (Å²) in [6, 6.07) is 130. The Bertz CT molecular complexity index is 5360. The van der Waals surface area contributed by atoms with Crippen LogP contribution in [-0.4, -0.2) is 67.4 Å². The van der Waals surface area contributed by atoms with Crippen LogP contribution in [0, 0.1) is 13.8 Å². The predicted octanol–water partition coefficient (Wildman–Crippen LogP) is 26.2. The first kappa shape index (κ1) is 96.7. The third-order valence-corrected chi connectivity index (χ3v) is 20.4. The van der Waals surface area contributed by atoms with E-state index < -0.39 is 0 Å². The molecule has 622 valence electrons. The van der Waals surface area contributed by atoms with Gasteiger partial charge in [0.1, 0.15) is 41.8 Å². The average Bonchev–Trinajstić information content (AvgIpc) is 1.60. The van der Waals surface area contributed by atoms with Gasteiger partial charge in [0.2, 0.25) is 0 Å². The van der Waals surface area contributed by atoms with Gasteiger partial charge in [0.05, 0.1) is 0 Å². The number of para-hydroxylation sites is 1. The van der Waals surface area contributed by atoms with E-state index in [2.05, 4.69) is 271 Å². The fourth-order valence-electron chi connectivity index (χ4n) is 11.4. The average molecular weight is 1740 g/mol.